The van der Waals surface area contributed by atoms with Crippen LogP contribution in [-0.2, 0) is 14.8 Å². The standard InChI is InChI=1S/C27H32N2O3S/c1-6-25(29(33(5,31)32)23-17-16-19(2)21(4)18-23)27(30)28-26(22-13-8-7-9-14-22)24-15-11-10-12-20(24)3/h7-18,25-26H,6H2,1-5H3,(H,28,30)/t25-,26-/m1/s1. The minimum absolute atomic E-state index is 0.334. The predicted octanol–water partition coefficient (Wildman–Crippen LogP) is 5.06. The van der Waals surface area contributed by atoms with Crippen molar-refractivity contribution in [2.75, 3.05) is 10.6 Å². The normalized spacial score (nSPS) is 13.2. The second kappa shape index (κ2) is 10.2. The topological polar surface area (TPSA) is 66.5 Å². The van der Waals surface area contributed by atoms with E-state index in [2.05, 4.69) is 5.32 Å². The van der Waals surface area contributed by atoms with Crippen LogP contribution in [0, 0.1) is 20.8 Å². The minimum atomic E-state index is -3.70. The number of carbonyl (C=O) groups excluding carboxylic acids is 1. The summed E-state index contributed by atoms with van der Waals surface area (Å²) in [5.74, 6) is -0.335. The molecule has 0 radical (unpaired) electrons. The van der Waals surface area contributed by atoms with Gasteiger partial charge >= 0.3 is 0 Å². The Morgan fingerprint density at radius 3 is 2.09 bits per heavy atom. The van der Waals surface area contributed by atoms with Crippen LogP contribution in [0.2, 0.25) is 0 Å². The summed E-state index contributed by atoms with van der Waals surface area (Å²) in [6.45, 7) is 7.74. The highest BCUT2D eigenvalue weighted by atomic mass is 32.2. The van der Waals surface area contributed by atoms with E-state index in [0.29, 0.717) is 12.1 Å². The lowest BCUT2D eigenvalue weighted by Crippen LogP contribution is -2.50. The van der Waals surface area contributed by atoms with Crippen molar-refractivity contribution in [3.05, 3.63) is 101 Å². The first-order valence-electron chi connectivity index (χ1n) is 11.1. The number of hydrogen-bond donors (Lipinski definition) is 1. The Balaban J connectivity index is 2.03. The summed E-state index contributed by atoms with van der Waals surface area (Å²) in [4.78, 5) is 13.6. The molecular weight excluding hydrogens is 432 g/mol. The number of sulfonamides is 1. The van der Waals surface area contributed by atoms with Crippen LogP contribution < -0.4 is 9.62 Å². The van der Waals surface area contributed by atoms with Crippen molar-refractivity contribution in [3.8, 4) is 0 Å². The molecule has 0 spiro atoms. The molecule has 174 valence electrons. The van der Waals surface area contributed by atoms with Gasteiger partial charge in [0, 0.05) is 0 Å². The fraction of sp³-hybridized carbons (Fsp3) is 0.296. The molecule has 1 N–H and O–H groups in total. The van der Waals surface area contributed by atoms with Crippen LogP contribution in [0.25, 0.3) is 0 Å². The molecule has 0 aliphatic carbocycles. The van der Waals surface area contributed by atoms with E-state index in [0.717, 1.165) is 34.1 Å². The van der Waals surface area contributed by atoms with Crippen LogP contribution in [0.4, 0.5) is 5.69 Å². The van der Waals surface area contributed by atoms with Crippen LogP contribution >= 0.6 is 0 Å². The highest BCUT2D eigenvalue weighted by Gasteiger charge is 2.33. The van der Waals surface area contributed by atoms with E-state index >= 15 is 0 Å². The van der Waals surface area contributed by atoms with E-state index in [9.17, 15) is 13.2 Å². The number of rotatable bonds is 8. The first kappa shape index (κ1) is 24.5. The summed E-state index contributed by atoms with van der Waals surface area (Å²) in [6, 6.07) is 21.8. The van der Waals surface area contributed by atoms with Gasteiger partial charge in [-0.2, -0.15) is 0 Å². The highest BCUT2D eigenvalue weighted by Crippen LogP contribution is 2.28. The molecule has 3 aromatic rings. The van der Waals surface area contributed by atoms with Crippen molar-refractivity contribution < 1.29 is 13.2 Å². The molecule has 0 heterocycles. The molecule has 0 unspecified atom stereocenters. The zero-order valence-electron chi connectivity index (χ0n) is 19.9. The van der Waals surface area contributed by atoms with Gasteiger partial charge in [0.15, 0.2) is 0 Å². The number of nitrogens with one attached hydrogen (secondary N) is 1. The third-order valence-electron chi connectivity index (χ3n) is 5.99. The average molecular weight is 465 g/mol. The van der Waals surface area contributed by atoms with Gasteiger partial charge in [-0.3, -0.25) is 9.10 Å². The van der Waals surface area contributed by atoms with Crippen LogP contribution in [0.5, 0.6) is 0 Å². The second-order valence-electron chi connectivity index (χ2n) is 8.46. The van der Waals surface area contributed by atoms with Crippen molar-refractivity contribution in [2.45, 2.75) is 46.2 Å². The molecule has 3 rings (SSSR count). The van der Waals surface area contributed by atoms with Crippen molar-refractivity contribution >= 4 is 21.6 Å². The van der Waals surface area contributed by atoms with Gasteiger partial charge in [-0.25, -0.2) is 8.42 Å². The first-order chi connectivity index (χ1) is 15.6. The fourth-order valence-corrected chi connectivity index (χ4v) is 5.26. The molecule has 0 saturated heterocycles. The Bertz CT molecular complexity index is 1220. The number of anilines is 1. The maximum Gasteiger partial charge on any atom is 0.244 e. The van der Waals surface area contributed by atoms with Gasteiger partial charge in [-0.1, -0.05) is 67.6 Å². The average Bonchev–Trinajstić information content (AvgIpc) is 2.78. The zero-order chi connectivity index (χ0) is 24.2. The molecule has 0 aliphatic heterocycles. The highest BCUT2D eigenvalue weighted by molar-refractivity contribution is 7.92. The molecular formula is C27H32N2O3S. The van der Waals surface area contributed by atoms with Gasteiger partial charge in [0.25, 0.3) is 0 Å². The van der Waals surface area contributed by atoms with Crippen LogP contribution in [0.1, 0.15) is 47.2 Å². The van der Waals surface area contributed by atoms with Gasteiger partial charge in [-0.05, 0) is 67.1 Å². The van der Waals surface area contributed by atoms with Crippen molar-refractivity contribution in [3.63, 3.8) is 0 Å². The summed E-state index contributed by atoms with van der Waals surface area (Å²) in [6.07, 6.45) is 1.48. The lowest BCUT2D eigenvalue weighted by atomic mass is 9.94. The lowest BCUT2D eigenvalue weighted by Gasteiger charge is -2.32. The Morgan fingerprint density at radius 2 is 1.52 bits per heavy atom. The molecule has 0 aromatic heterocycles. The molecule has 1 amide bonds. The quantitative estimate of drug-likeness (QED) is 0.507. The largest absolute Gasteiger partial charge is 0.343 e. The van der Waals surface area contributed by atoms with Gasteiger partial charge in [-0.15, -0.1) is 0 Å². The summed E-state index contributed by atoms with van der Waals surface area (Å²) in [5, 5.41) is 3.14. The Hall–Kier alpha value is -3.12. The third-order valence-corrected chi connectivity index (χ3v) is 7.17. The summed E-state index contributed by atoms with van der Waals surface area (Å²) in [7, 11) is -3.70. The number of hydrogen-bond acceptors (Lipinski definition) is 3. The van der Waals surface area contributed by atoms with Gasteiger partial charge in [0.1, 0.15) is 6.04 Å². The summed E-state index contributed by atoms with van der Waals surface area (Å²) >= 11 is 0. The van der Waals surface area contributed by atoms with Gasteiger partial charge < -0.3 is 5.32 Å². The molecule has 5 nitrogen and oxygen atoms in total. The fourth-order valence-electron chi connectivity index (χ4n) is 4.06. The molecule has 0 bridgehead atoms. The maximum atomic E-state index is 13.6. The summed E-state index contributed by atoms with van der Waals surface area (Å²) in [5.41, 5.74) is 5.49. The van der Waals surface area contributed by atoms with Crippen molar-refractivity contribution in [2.24, 2.45) is 0 Å². The number of amides is 1. The molecule has 0 saturated carbocycles. The zero-order valence-corrected chi connectivity index (χ0v) is 20.7. The van der Waals surface area contributed by atoms with Crippen LogP contribution in [0.15, 0.2) is 72.8 Å². The number of benzene rings is 3. The SMILES string of the molecule is CC[C@H](C(=O)N[C@H](c1ccccc1)c1ccccc1C)N(c1ccc(C)c(C)c1)S(C)(=O)=O. The first-order valence-corrected chi connectivity index (χ1v) is 13.0. The number of nitrogens with zero attached hydrogens (tertiary/aromatic N) is 1. The minimum Gasteiger partial charge on any atom is -0.343 e. The van der Waals surface area contributed by atoms with E-state index < -0.39 is 22.1 Å². The molecule has 0 aliphatic rings. The van der Waals surface area contributed by atoms with Crippen LogP contribution in [0.3, 0.4) is 0 Å². The lowest BCUT2D eigenvalue weighted by molar-refractivity contribution is -0.122. The predicted molar refractivity (Wildman–Crippen MR) is 135 cm³/mol. The molecule has 6 heteroatoms. The second-order valence-corrected chi connectivity index (χ2v) is 10.3. The van der Waals surface area contributed by atoms with Crippen molar-refractivity contribution in [1.29, 1.82) is 0 Å². The molecule has 3 aromatic carbocycles. The number of carbonyl (C=O) groups is 1. The third kappa shape index (κ3) is 5.63. The van der Waals surface area contributed by atoms with Gasteiger partial charge in [0.2, 0.25) is 15.9 Å². The Labute approximate surface area is 197 Å². The van der Waals surface area contributed by atoms with Crippen molar-refractivity contribution in [1.82, 2.24) is 5.32 Å². The van der Waals surface area contributed by atoms with E-state index in [1.54, 1.807) is 6.07 Å². The van der Waals surface area contributed by atoms with E-state index in [1.807, 2.05) is 94.4 Å². The van der Waals surface area contributed by atoms with E-state index in [4.69, 9.17) is 0 Å². The molecule has 33 heavy (non-hydrogen) atoms. The monoisotopic (exact) mass is 464 g/mol. The number of aryl methyl sites for hydroxylation is 3. The maximum absolute atomic E-state index is 13.6. The molecule has 2 atom stereocenters. The van der Waals surface area contributed by atoms with E-state index in [-0.39, 0.29) is 5.91 Å². The smallest absolute Gasteiger partial charge is 0.244 e. The van der Waals surface area contributed by atoms with Crippen LogP contribution in [-0.4, -0.2) is 26.6 Å². The molecule has 0 fully saturated rings. The summed E-state index contributed by atoms with van der Waals surface area (Å²) < 4.78 is 27.0. The Morgan fingerprint density at radius 1 is 0.879 bits per heavy atom. The van der Waals surface area contributed by atoms with E-state index in [1.165, 1.54) is 4.31 Å². The Kier molecular flexibility index (Phi) is 7.59. The van der Waals surface area contributed by atoms with Gasteiger partial charge in [0.05, 0.1) is 18.0 Å².